The SMILES string of the molecule is O=C(O)Cc1cn(Cc2cc(F)cc3cccnc23)nn1. The van der Waals surface area contributed by atoms with Crippen molar-refractivity contribution in [1.82, 2.24) is 20.0 Å². The molecule has 0 spiro atoms. The van der Waals surface area contributed by atoms with Crippen molar-refractivity contribution >= 4 is 16.9 Å². The molecule has 1 N–H and O–H groups in total. The second-order valence-electron chi connectivity index (χ2n) is 4.62. The molecule has 0 saturated heterocycles. The summed E-state index contributed by atoms with van der Waals surface area (Å²) in [4.78, 5) is 14.9. The minimum Gasteiger partial charge on any atom is -0.481 e. The summed E-state index contributed by atoms with van der Waals surface area (Å²) >= 11 is 0. The summed E-state index contributed by atoms with van der Waals surface area (Å²) in [5.74, 6) is -1.32. The van der Waals surface area contributed by atoms with Crippen LogP contribution in [0.3, 0.4) is 0 Å². The number of rotatable bonds is 4. The van der Waals surface area contributed by atoms with Crippen LogP contribution >= 0.6 is 0 Å². The number of carboxylic acids is 1. The Bertz CT molecular complexity index is 816. The first-order valence-electron chi connectivity index (χ1n) is 6.26. The van der Waals surface area contributed by atoms with Crippen molar-refractivity contribution in [2.75, 3.05) is 0 Å². The number of aromatic nitrogens is 4. The number of aliphatic carboxylic acids is 1. The Kier molecular flexibility index (Phi) is 3.31. The molecule has 3 rings (SSSR count). The minimum absolute atomic E-state index is 0.192. The summed E-state index contributed by atoms with van der Waals surface area (Å²) in [6.45, 7) is 0.276. The molecule has 1 aromatic carbocycles. The highest BCUT2D eigenvalue weighted by Crippen LogP contribution is 2.19. The van der Waals surface area contributed by atoms with Gasteiger partial charge >= 0.3 is 5.97 Å². The van der Waals surface area contributed by atoms with E-state index in [0.29, 0.717) is 22.2 Å². The first-order valence-corrected chi connectivity index (χ1v) is 6.26. The van der Waals surface area contributed by atoms with Crippen molar-refractivity contribution < 1.29 is 14.3 Å². The first kappa shape index (κ1) is 13.2. The van der Waals surface area contributed by atoms with Crippen LogP contribution in [0, 0.1) is 5.82 Å². The molecule has 0 saturated carbocycles. The van der Waals surface area contributed by atoms with Crippen LogP contribution in [0.4, 0.5) is 4.39 Å². The van der Waals surface area contributed by atoms with E-state index >= 15 is 0 Å². The number of hydrogen-bond acceptors (Lipinski definition) is 4. The van der Waals surface area contributed by atoms with E-state index < -0.39 is 5.97 Å². The van der Waals surface area contributed by atoms with Gasteiger partial charge in [-0.05, 0) is 18.2 Å². The van der Waals surface area contributed by atoms with Gasteiger partial charge in [-0.1, -0.05) is 11.3 Å². The van der Waals surface area contributed by atoms with E-state index in [4.69, 9.17) is 5.11 Å². The molecule has 0 atom stereocenters. The van der Waals surface area contributed by atoms with Crippen molar-refractivity contribution in [3.8, 4) is 0 Å². The van der Waals surface area contributed by atoms with Gasteiger partial charge in [-0.2, -0.15) is 0 Å². The quantitative estimate of drug-likeness (QED) is 0.788. The van der Waals surface area contributed by atoms with Gasteiger partial charge in [0.1, 0.15) is 5.82 Å². The zero-order valence-corrected chi connectivity index (χ0v) is 10.9. The molecule has 7 heteroatoms. The largest absolute Gasteiger partial charge is 0.481 e. The summed E-state index contributed by atoms with van der Waals surface area (Å²) in [5, 5.41) is 17.0. The van der Waals surface area contributed by atoms with Gasteiger partial charge in [0.05, 0.1) is 24.2 Å². The van der Waals surface area contributed by atoms with Gasteiger partial charge in [-0.25, -0.2) is 9.07 Å². The molecule has 21 heavy (non-hydrogen) atoms. The number of carboxylic acid groups (broad SMARTS) is 1. The molecule has 6 nitrogen and oxygen atoms in total. The fourth-order valence-electron chi connectivity index (χ4n) is 2.17. The second kappa shape index (κ2) is 5.28. The highest BCUT2D eigenvalue weighted by molar-refractivity contribution is 5.81. The summed E-state index contributed by atoms with van der Waals surface area (Å²) in [6.07, 6.45) is 2.98. The minimum atomic E-state index is -0.972. The molecule has 3 aromatic rings. The fraction of sp³-hybridized carbons (Fsp3) is 0.143. The molecule has 2 aromatic heterocycles. The predicted octanol–water partition coefficient (Wildman–Crippen LogP) is 1.64. The highest BCUT2D eigenvalue weighted by Gasteiger charge is 2.09. The van der Waals surface area contributed by atoms with Crippen molar-refractivity contribution in [1.29, 1.82) is 0 Å². The number of benzene rings is 1. The van der Waals surface area contributed by atoms with E-state index in [1.165, 1.54) is 23.0 Å². The second-order valence-corrected chi connectivity index (χ2v) is 4.62. The third-order valence-corrected chi connectivity index (χ3v) is 3.00. The van der Waals surface area contributed by atoms with Crippen LogP contribution in [-0.4, -0.2) is 31.1 Å². The maximum absolute atomic E-state index is 13.6. The Labute approximate surface area is 118 Å². The van der Waals surface area contributed by atoms with Crippen molar-refractivity contribution in [3.05, 3.63) is 53.7 Å². The molecule has 0 aliphatic carbocycles. The van der Waals surface area contributed by atoms with E-state index in [-0.39, 0.29) is 18.8 Å². The number of nitrogens with zero attached hydrogens (tertiary/aromatic N) is 4. The summed E-state index contributed by atoms with van der Waals surface area (Å²) in [7, 11) is 0. The van der Waals surface area contributed by atoms with Crippen LogP contribution in [0.25, 0.3) is 10.9 Å². The average molecular weight is 286 g/mol. The van der Waals surface area contributed by atoms with Gasteiger partial charge in [-0.3, -0.25) is 9.78 Å². The predicted molar refractivity (Wildman–Crippen MR) is 72.2 cm³/mol. The maximum Gasteiger partial charge on any atom is 0.309 e. The Hall–Kier alpha value is -2.83. The molecule has 0 unspecified atom stereocenters. The lowest BCUT2D eigenvalue weighted by Gasteiger charge is -2.06. The molecular formula is C14H11FN4O2. The first-order chi connectivity index (χ1) is 10.1. The molecule has 2 heterocycles. The zero-order chi connectivity index (χ0) is 14.8. The van der Waals surface area contributed by atoms with Gasteiger partial charge < -0.3 is 5.11 Å². The third-order valence-electron chi connectivity index (χ3n) is 3.00. The smallest absolute Gasteiger partial charge is 0.309 e. The monoisotopic (exact) mass is 286 g/mol. The average Bonchev–Trinajstić information content (AvgIpc) is 2.85. The van der Waals surface area contributed by atoms with Crippen LogP contribution < -0.4 is 0 Å². The Morgan fingerprint density at radius 1 is 1.38 bits per heavy atom. The van der Waals surface area contributed by atoms with Crippen molar-refractivity contribution in [3.63, 3.8) is 0 Å². The lowest BCUT2D eigenvalue weighted by atomic mass is 10.1. The van der Waals surface area contributed by atoms with E-state index in [1.807, 2.05) is 0 Å². The summed E-state index contributed by atoms with van der Waals surface area (Å²) in [5.41, 5.74) is 1.71. The molecule has 0 fully saturated rings. The molecule has 106 valence electrons. The molecule has 0 amide bonds. The standard InChI is InChI=1S/C14H11FN4O2/c15-11-4-9-2-1-3-16-14(9)10(5-11)7-19-8-12(17-18-19)6-13(20)21/h1-5,8H,6-7H2,(H,20,21). The molecule has 0 aliphatic heterocycles. The maximum atomic E-state index is 13.6. The lowest BCUT2D eigenvalue weighted by Crippen LogP contribution is -2.03. The van der Waals surface area contributed by atoms with Crippen molar-refractivity contribution in [2.24, 2.45) is 0 Å². The van der Waals surface area contributed by atoms with Crippen LogP contribution in [0.15, 0.2) is 36.7 Å². The molecular weight excluding hydrogens is 275 g/mol. The molecule has 0 bridgehead atoms. The number of hydrogen-bond donors (Lipinski definition) is 1. The molecule has 0 radical (unpaired) electrons. The van der Waals surface area contributed by atoms with E-state index in [1.54, 1.807) is 18.3 Å². The number of carbonyl (C=O) groups is 1. The summed E-state index contributed by atoms with van der Waals surface area (Å²) in [6, 6.07) is 6.34. The Balaban J connectivity index is 1.94. The lowest BCUT2D eigenvalue weighted by molar-refractivity contribution is -0.136. The Morgan fingerprint density at radius 3 is 3.05 bits per heavy atom. The molecule has 0 aliphatic rings. The Morgan fingerprint density at radius 2 is 2.24 bits per heavy atom. The van der Waals surface area contributed by atoms with Gasteiger partial charge in [0.15, 0.2) is 0 Å². The van der Waals surface area contributed by atoms with Crippen LogP contribution in [0.5, 0.6) is 0 Å². The van der Waals surface area contributed by atoms with E-state index in [9.17, 15) is 9.18 Å². The van der Waals surface area contributed by atoms with Gasteiger partial charge in [0.25, 0.3) is 0 Å². The van der Waals surface area contributed by atoms with Gasteiger partial charge in [0, 0.05) is 23.3 Å². The van der Waals surface area contributed by atoms with Gasteiger partial charge in [-0.15, -0.1) is 5.10 Å². The van der Waals surface area contributed by atoms with Crippen LogP contribution in [0.2, 0.25) is 0 Å². The zero-order valence-electron chi connectivity index (χ0n) is 10.9. The van der Waals surface area contributed by atoms with Crippen LogP contribution in [0.1, 0.15) is 11.3 Å². The normalized spacial score (nSPS) is 10.9. The van der Waals surface area contributed by atoms with Gasteiger partial charge in [0.2, 0.25) is 0 Å². The van der Waals surface area contributed by atoms with E-state index in [2.05, 4.69) is 15.3 Å². The number of fused-ring (bicyclic) bond motifs is 1. The number of halogens is 1. The fourth-order valence-corrected chi connectivity index (χ4v) is 2.17. The third kappa shape index (κ3) is 2.86. The topological polar surface area (TPSA) is 80.9 Å². The highest BCUT2D eigenvalue weighted by atomic mass is 19.1. The number of pyridine rings is 1. The van der Waals surface area contributed by atoms with E-state index in [0.717, 1.165) is 0 Å². The summed E-state index contributed by atoms with van der Waals surface area (Å²) < 4.78 is 15.1. The van der Waals surface area contributed by atoms with Crippen LogP contribution in [-0.2, 0) is 17.8 Å². The van der Waals surface area contributed by atoms with Crippen molar-refractivity contribution in [2.45, 2.75) is 13.0 Å².